The molecule has 0 aromatic carbocycles. The van der Waals surface area contributed by atoms with Gasteiger partial charge in [0.25, 0.3) is 0 Å². The van der Waals surface area contributed by atoms with Crippen LogP contribution >= 0.6 is 0 Å². The fourth-order valence-electron chi connectivity index (χ4n) is 2.26. The minimum atomic E-state index is 0.116. The van der Waals surface area contributed by atoms with Gasteiger partial charge in [0.15, 0.2) is 0 Å². The van der Waals surface area contributed by atoms with Crippen molar-refractivity contribution in [1.29, 1.82) is 0 Å². The lowest BCUT2D eigenvalue weighted by molar-refractivity contribution is -0.153. The van der Waals surface area contributed by atoms with Crippen molar-refractivity contribution in [1.82, 2.24) is 9.80 Å². The quantitative estimate of drug-likeness (QED) is 0.662. The first-order valence-electron chi connectivity index (χ1n) is 6.02. The van der Waals surface area contributed by atoms with Crippen LogP contribution in [-0.4, -0.2) is 67.9 Å². The summed E-state index contributed by atoms with van der Waals surface area (Å²) in [6, 6.07) is 0. The molecule has 0 spiro atoms. The van der Waals surface area contributed by atoms with Crippen LogP contribution in [0.1, 0.15) is 13.3 Å². The molecule has 2 saturated heterocycles. The van der Waals surface area contributed by atoms with Crippen molar-refractivity contribution in [2.24, 2.45) is 0 Å². The Morgan fingerprint density at radius 2 is 1.88 bits per heavy atom. The molecule has 0 aromatic heterocycles. The maximum Gasteiger partial charge on any atom is 0.223 e. The van der Waals surface area contributed by atoms with Crippen LogP contribution in [0, 0.1) is 0 Å². The third kappa shape index (κ3) is 2.53. The predicted molar refractivity (Wildman–Crippen MR) is 59.0 cm³/mol. The smallest absolute Gasteiger partial charge is 0.223 e. The van der Waals surface area contributed by atoms with Gasteiger partial charge in [-0.25, -0.2) is 0 Å². The summed E-state index contributed by atoms with van der Waals surface area (Å²) in [5.41, 5.74) is 0. The summed E-state index contributed by atoms with van der Waals surface area (Å²) in [5.74, 6) is 0.222. The molecular formula is C11H20N2O3. The number of amides is 1. The molecule has 16 heavy (non-hydrogen) atoms. The lowest BCUT2D eigenvalue weighted by Crippen LogP contribution is -2.59. The van der Waals surface area contributed by atoms with Crippen molar-refractivity contribution < 1.29 is 14.3 Å². The molecule has 1 unspecified atom stereocenters. The molecule has 0 aromatic rings. The zero-order valence-corrected chi connectivity index (χ0v) is 9.85. The van der Waals surface area contributed by atoms with E-state index >= 15 is 0 Å². The van der Waals surface area contributed by atoms with E-state index in [4.69, 9.17) is 9.47 Å². The first kappa shape index (κ1) is 11.8. The average molecular weight is 228 g/mol. The molecule has 1 atom stereocenters. The van der Waals surface area contributed by atoms with E-state index in [0.29, 0.717) is 26.2 Å². The Morgan fingerprint density at radius 3 is 2.56 bits per heavy atom. The van der Waals surface area contributed by atoms with Gasteiger partial charge >= 0.3 is 0 Å². The first-order chi connectivity index (χ1) is 7.83. The zero-order chi connectivity index (χ0) is 11.4. The van der Waals surface area contributed by atoms with Gasteiger partial charge in [-0.05, 0) is 0 Å². The number of hydrogen-bond donors (Lipinski definition) is 0. The summed E-state index contributed by atoms with van der Waals surface area (Å²) in [5, 5.41) is 0. The summed E-state index contributed by atoms with van der Waals surface area (Å²) < 4.78 is 10.8. The van der Waals surface area contributed by atoms with E-state index in [-0.39, 0.29) is 12.1 Å². The standard InChI is InChI=1S/C11H20N2O3/c1-2-11(14)13-5-8-16-9-10(13)12-3-6-15-7-4-12/h10H,2-9H2,1H3. The van der Waals surface area contributed by atoms with Crippen LogP contribution in [0.4, 0.5) is 0 Å². The Bertz CT molecular complexity index is 241. The Balaban J connectivity index is 2.00. The molecule has 0 N–H and O–H groups in total. The maximum atomic E-state index is 11.8. The normalized spacial score (nSPS) is 28.1. The molecule has 0 bridgehead atoms. The summed E-state index contributed by atoms with van der Waals surface area (Å²) >= 11 is 0. The van der Waals surface area contributed by atoms with Gasteiger partial charge in [0.2, 0.25) is 5.91 Å². The van der Waals surface area contributed by atoms with Gasteiger partial charge in [-0.1, -0.05) is 6.92 Å². The van der Waals surface area contributed by atoms with Gasteiger partial charge < -0.3 is 14.4 Å². The Morgan fingerprint density at radius 1 is 1.19 bits per heavy atom. The average Bonchev–Trinajstić information content (AvgIpc) is 2.39. The van der Waals surface area contributed by atoms with E-state index < -0.39 is 0 Å². The minimum Gasteiger partial charge on any atom is -0.379 e. The van der Waals surface area contributed by atoms with Crippen LogP contribution in [0.5, 0.6) is 0 Å². The van der Waals surface area contributed by atoms with Crippen molar-refractivity contribution in [3.63, 3.8) is 0 Å². The van der Waals surface area contributed by atoms with E-state index in [2.05, 4.69) is 4.90 Å². The highest BCUT2D eigenvalue weighted by Gasteiger charge is 2.31. The maximum absolute atomic E-state index is 11.8. The van der Waals surface area contributed by atoms with Crippen molar-refractivity contribution in [3.8, 4) is 0 Å². The van der Waals surface area contributed by atoms with Crippen LogP contribution < -0.4 is 0 Å². The van der Waals surface area contributed by atoms with Crippen LogP contribution in [0.2, 0.25) is 0 Å². The number of morpholine rings is 2. The molecule has 2 fully saturated rings. The lowest BCUT2D eigenvalue weighted by Gasteiger charge is -2.43. The van der Waals surface area contributed by atoms with Gasteiger partial charge in [-0.2, -0.15) is 0 Å². The molecular weight excluding hydrogens is 208 g/mol. The molecule has 2 rings (SSSR count). The van der Waals surface area contributed by atoms with Gasteiger partial charge in [-0.15, -0.1) is 0 Å². The molecule has 1 amide bonds. The molecule has 0 aliphatic carbocycles. The van der Waals surface area contributed by atoms with Crippen molar-refractivity contribution in [2.45, 2.75) is 19.5 Å². The van der Waals surface area contributed by atoms with Gasteiger partial charge in [0.1, 0.15) is 6.17 Å². The fourth-order valence-corrected chi connectivity index (χ4v) is 2.26. The second-order valence-corrected chi connectivity index (χ2v) is 4.14. The number of rotatable bonds is 2. The van der Waals surface area contributed by atoms with Crippen LogP contribution in [-0.2, 0) is 14.3 Å². The lowest BCUT2D eigenvalue weighted by atomic mass is 10.2. The zero-order valence-electron chi connectivity index (χ0n) is 9.85. The fraction of sp³-hybridized carbons (Fsp3) is 0.909. The van der Waals surface area contributed by atoms with Crippen molar-refractivity contribution in [2.75, 3.05) is 46.1 Å². The van der Waals surface area contributed by atoms with E-state index in [1.165, 1.54) is 0 Å². The SMILES string of the molecule is CCC(=O)N1CCOCC1N1CCOCC1. The molecule has 0 saturated carbocycles. The topological polar surface area (TPSA) is 42.0 Å². The highest BCUT2D eigenvalue weighted by atomic mass is 16.5. The Kier molecular flexibility index (Phi) is 4.15. The number of carbonyl (C=O) groups is 1. The molecule has 5 nitrogen and oxygen atoms in total. The van der Waals surface area contributed by atoms with Crippen LogP contribution in [0.25, 0.3) is 0 Å². The predicted octanol–water partition coefficient (Wildman–Crippen LogP) is -0.0865. The summed E-state index contributed by atoms with van der Waals surface area (Å²) in [4.78, 5) is 16.1. The van der Waals surface area contributed by atoms with Crippen LogP contribution in [0.15, 0.2) is 0 Å². The Labute approximate surface area is 96.3 Å². The monoisotopic (exact) mass is 228 g/mol. The molecule has 92 valence electrons. The number of ether oxygens (including phenoxy) is 2. The van der Waals surface area contributed by atoms with Gasteiger partial charge in [0, 0.05) is 26.1 Å². The highest BCUT2D eigenvalue weighted by Crippen LogP contribution is 2.14. The summed E-state index contributed by atoms with van der Waals surface area (Å²) in [6.45, 7) is 7.21. The summed E-state index contributed by atoms with van der Waals surface area (Å²) in [7, 11) is 0. The molecule has 5 heteroatoms. The Hall–Kier alpha value is -0.650. The number of carbonyl (C=O) groups excluding carboxylic acids is 1. The van der Waals surface area contributed by atoms with Crippen LogP contribution in [0.3, 0.4) is 0 Å². The number of hydrogen-bond acceptors (Lipinski definition) is 4. The van der Waals surface area contributed by atoms with E-state index in [1.54, 1.807) is 0 Å². The molecule has 2 aliphatic rings. The minimum absolute atomic E-state index is 0.116. The first-order valence-corrected chi connectivity index (χ1v) is 6.02. The second kappa shape index (κ2) is 5.61. The van der Waals surface area contributed by atoms with E-state index in [1.807, 2.05) is 11.8 Å². The number of nitrogens with zero attached hydrogens (tertiary/aromatic N) is 2. The third-order valence-electron chi connectivity index (χ3n) is 3.19. The van der Waals surface area contributed by atoms with E-state index in [9.17, 15) is 4.79 Å². The third-order valence-corrected chi connectivity index (χ3v) is 3.19. The largest absolute Gasteiger partial charge is 0.379 e. The molecule has 2 aliphatic heterocycles. The molecule has 2 heterocycles. The van der Waals surface area contributed by atoms with E-state index in [0.717, 1.165) is 26.3 Å². The molecule has 0 radical (unpaired) electrons. The van der Waals surface area contributed by atoms with Crippen molar-refractivity contribution >= 4 is 5.91 Å². The summed E-state index contributed by atoms with van der Waals surface area (Å²) in [6.07, 6.45) is 0.686. The second-order valence-electron chi connectivity index (χ2n) is 4.14. The van der Waals surface area contributed by atoms with Gasteiger partial charge in [-0.3, -0.25) is 9.69 Å². The van der Waals surface area contributed by atoms with Gasteiger partial charge in [0.05, 0.1) is 26.4 Å². The van der Waals surface area contributed by atoms with Crippen molar-refractivity contribution in [3.05, 3.63) is 0 Å². The highest BCUT2D eigenvalue weighted by molar-refractivity contribution is 5.76.